The lowest BCUT2D eigenvalue weighted by atomic mass is 9.94. The van der Waals surface area contributed by atoms with Crippen LogP contribution in [0.15, 0.2) is 10.7 Å². The average Bonchev–Trinajstić information content (AvgIpc) is 2.61. The van der Waals surface area contributed by atoms with Gasteiger partial charge in [0.25, 0.3) is 0 Å². The summed E-state index contributed by atoms with van der Waals surface area (Å²) in [5.74, 6) is 0.873. The first kappa shape index (κ1) is 12.0. The van der Waals surface area contributed by atoms with Gasteiger partial charge < -0.3 is 14.6 Å². The molecule has 0 unspecified atom stereocenters. The summed E-state index contributed by atoms with van der Waals surface area (Å²) in [6.45, 7) is 5.55. The van der Waals surface area contributed by atoms with Crippen molar-refractivity contribution in [3.05, 3.63) is 17.5 Å². The van der Waals surface area contributed by atoms with E-state index in [-0.39, 0.29) is 12.1 Å². The van der Waals surface area contributed by atoms with Crippen molar-refractivity contribution < 1.29 is 14.1 Å². The van der Waals surface area contributed by atoms with Crippen LogP contribution in [0, 0.1) is 0 Å². The van der Waals surface area contributed by atoms with E-state index in [1.165, 1.54) is 0 Å². The van der Waals surface area contributed by atoms with Crippen molar-refractivity contribution in [3.8, 4) is 0 Å². The normalized spacial score (nSPS) is 19.6. The lowest BCUT2D eigenvalue weighted by Gasteiger charge is -2.25. The van der Waals surface area contributed by atoms with Gasteiger partial charge in [-0.1, -0.05) is 5.16 Å². The summed E-state index contributed by atoms with van der Waals surface area (Å²) < 4.78 is 10.3. The molecular weight excluding hydrogens is 220 g/mol. The van der Waals surface area contributed by atoms with Crippen LogP contribution in [-0.4, -0.2) is 22.9 Å². The minimum Gasteiger partial charge on any atom is -0.444 e. The van der Waals surface area contributed by atoms with Crippen LogP contribution in [0.1, 0.15) is 38.5 Å². The number of fused-ring (bicyclic) bond motifs is 1. The minimum atomic E-state index is -0.462. The number of ether oxygens (including phenoxy) is 1. The highest BCUT2D eigenvalue weighted by Gasteiger charge is 2.25. The molecule has 0 saturated carbocycles. The summed E-state index contributed by atoms with van der Waals surface area (Å²) >= 11 is 0. The Morgan fingerprint density at radius 2 is 2.35 bits per heavy atom. The van der Waals surface area contributed by atoms with Crippen LogP contribution >= 0.6 is 0 Å². The van der Waals surface area contributed by atoms with Crippen molar-refractivity contribution in [1.29, 1.82) is 0 Å². The minimum absolute atomic E-state index is 0.0744. The third-order valence-electron chi connectivity index (χ3n) is 2.64. The Morgan fingerprint density at radius 3 is 3.06 bits per heavy atom. The van der Waals surface area contributed by atoms with E-state index in [1.807, 2.05) is 20.8 Å². The lowest BCUT2D eigenvalue weighted by molar-refractivity contribution is 0.0498. The number of nitrogens with zero attached hydrogens (tertiary/aromatic N) is 1. The van der Waals surface area contributed by atoms with E-state index in [4.69, 9.17) is 9.26 Å². The lowest BCUT2D eigenvalue weighted by Crippen LogP contribution is -2.41. The van der Waals surface area contributed by atoms with Crippen LogP contribution in [0.25, 0.3) is 0 Å². The molecular formula is C12H18N2O3. The molecule has 1 aromatic heterocycles. The van der Waals surface area contributed by atoms with Crippen LogP contribution in [0.4, 0.5) is 4.79 Å². The van der Waals surface area contributed by atoms with Gasteiger partial charge in [0.15, 0.2) is 0 Å². The molecule has 0 bridgehead atoms. The van der Waals surface area contributed by atoms with E-state index in [1.54, 1.807) is 6.20 Å². The quantitative estimate of drug-likeness (QED) is 0.813. The predicted octanol–water partition coefficient (Wildman–Crippen LogP) is 2.06. The average molecular weight is 238 g/mol. The van der Waals surface area contributed by atoms with Crippen molar-refractivity contribution in [2.75, 3.05) is 0 Å². The van der Waals surface area contributed by atoms with Gasteiger partial charge in [-0.05, 0) is 33.6 Å². The molecule has 1 N–H and O–H groups in total. The smallest absolute Gasteiger partial charge is 0.407 e. The van der Waals surface area contributed by atoms with Crippen LogP contribution in [0.5, 0.6) is 0 Å². The molecule has 0 aliphatic heterocycles. The largest absolute Gasteiger partial charge is 0.444 e. The fourth-order valence-electron chi connectivity index (χ4n) is 1.91. The van der Waals surface area contributed by atoms with Gasteiger partial charge in [0.1, 0.15) is 11.4 Å². The Morgan fingerprint density at radius 1 is 1.59 bits per heavy atom. The van der Waals surface area contributed by atoms with E-state index < -0.39 is 5.60 Å². The summed E-state index contributed by atoms with van der Waals surface area (Å²) in [6, 6.07) is 0.0744. The number of aryl methyl sites for hydroxylation is 1. The highest BCUT2D eigenvalue weighted by molar-refractivity contribution is 5.68. The molecule has 0 aromatic carbocycles. The zero-order chi connectivity index (χ0) is 12.5. The zero-order valence-electron chi connectivity index (χ0n) is 10.4. The summed E-state index contributed by atoms with van der Waals surface area (Å²) in [4.78, 5) is 11.6. The molecule has 5 heteroatoms. The second-order valence-corrected chi connectivity index (χ2v) is 5.36. The van der Waals surface area contributed by atoms with Crippen LogP contribution in [0.3, 0.4) is 0 Å². The molecule has 94 valence electrons. The molecule has 1 heterocycles. The number of amides is 1. The van der Waals surface area contributed by atoms with Gasteiger partial charge in [-0.2, -0.15) is 0 Å². The molecule has 2 rings (SSSR count). The third kappa shape index (κ3) is 3.22. The van der Waals surface area contributed by atoms with E-state index in [2.05, 4.69) is 10.5 Å². The van der Waals surface area contributed by atoms with E-state index in [9.17, 15) is 4.79 Å². The van der Waals surface area contributed by atoms with Crippen LogP contribution < -0.4 is 5.32 Å². The molecule has 0 fully saturated rings. The second-order valence-electron chi connectivity index (χ2n) is 5.36. The molecule has 1 amide bonds. The number of rotatable bonds is 1. The molecule has 1 aliphatic rings. The topological polar surface area (TPSA) is 64.4 Å². The van der Waals surface area contributed by atoms with Crippen molar-refractivity contribution in [2.24, 2.45) is 0 Å². The summed E-state index contributed by atoms with van der Waals surface area (Å²) in [6.07, 6.45) is 3.85. The van der Waals surface area contributed by atoms with Gasteiger partial charge in [-0.15, -0.1) is 0 Å². The molecule has 0 radical (unpaired) electrons. The third-order valence-corrected chi connectivity index (χ3v) is 2.64. The first-order chi connectivity index (χ1) is 7.94. The molecule has 0 saturated heterocycles. The van der Waals surface area contributed by atoms with Gasteiger partial charge in [0.2, 0.25) is 0 Å². The van der Waals surface area contributed by atoms with Crippen molar-refractivity contribution >= 4 is 6.09 Å². The monoisotopic (exact) mass is 238 g/mol. The second kappa shape index (κ2) is 4.39. The highest BCUT2D eigenvalue weighted by atomic mass is 16.6. The standard InChI is InChI=1S/C12H18N2O3/c1-12(2,3)16-11(15)14-9-5-4-8-7-13-17-10(8)6-9/h7,9H,4-6H2,1-3H3,(H,14,15)/t9-/m0/s1. The summed E-state index contributed by atoms with van der Waals surface area (Å²) in [5.41, 5.74) is 0.683. The number of carbonyl (C=O) groups excluding carboxylic acids is 1. The van der Waals surface area contributed by atoms with Gasteiger partial charge in [-0.3, -0.25) is 0 Å². The molecule has 17 heavy (non-hydrogen) atoms. The molecule has 1 atom stereocenters. The maximum atomic E-state index is 11.6. The molecule has 5 nitrogen and oxygen atoms in total. The highest BCUT2D eigenvalue weighted by Crippen LogP contribution is 2.21. The van der Waals surface area contributed by atoms with Gasteiger partial charge in [0.05, 0.1) is 6.20 Å². The number of hydrogen-bond donors (Lipinski definition) is 1. The first-order valence-corrected chi connectivity index (χ1v) is 5.86. The Labute approximate surface area is 101 Å². The number of carbonyl (C=O) groups is 1. The fraction of sp³-hybridized carbons (Fsp3) is 0.667. The Kier molecular flexibility index (Phi) is 3.09. The van der Waals surface area contributed by atoms with Gasteiger partial charge in [0, 0.05) is 18.0 Å². The molecule has 0 spiro atoms. The van der Waals surface area contributed by atoms with Crippen molar-refractivity contribution in [3.63, 3.8) is 0 Å². The predicted molar refractivity (Wildman–Crippen MR) is 61.7 cm³/mol. The summed E-state index contributed by atoms with van der Waals surface area (Å²) in [7, 11) is 0. The summed E-state index contributed by atoms with van der Waals surface area (Å²) in [5, 5.41) is 6.62. The Hall–Kier alpha value is -1.52. The maximum absolute atomic E-state index is 11.6. The Balaban J connectivity index is 1.88. The van der Waals surface area contributed by atoms with Crippen LogP contribution in [0.2, 0.25) is 0 Å². The number of hydrogen-bond acceptors (Lipinski definition) is 4. The first-order valence-electron chi connectivity index (χ1n) is 5.86. The molecule has 1 aromatic rings. The maximum Gasteiger partial charge on any atom is 0.407 e. The molecule has 1 aliphatic carbocycles. The van der Waals surface area contributed by atoms with E-state index in [0.29, 0.717) is 6.42 Å². The van der Waals surface area contributed by atoms with E-state index >= 15 is 0 Å². The number of nitrogens with one attached hydrogen (secondary N) is 1. The van der Waals surface area contributed by atoms with Gasteiger partial charge in [-0.25, -0.2) is 4.79 Å². The number of aromatic nitrogens is 1. The van der Waals surface area contributed by atoms with Crippen LogP contribution in [-0.2, 0) is 17.6 Å². The Bertz CT molecular complexity index is 406. The van der Waals surface area contributed by atoms with Crippen molar-refractivity contribution in [2.45, 2.75) is 51.7 Å². The van der Waals surface area contributed by atoms with E-state index in [0.717, 1.165) is 24.2 Å². The zero-order valence-corrected chi connectivity index (χ0v) is 10.4. The number of alkyl carbamates (subject to hydrolysis) is 1. The SMILES string of the molecule is CC(C)(C)OC(=O)N[C@H]1CCc2cnoc2C1. The van der Waals surface area contributed by atoms with Gasteiger partial charge >= 0.3 is 6.09 Å². The fourth-order valence-corrected chi connectivity index (χ4v) is 1.91. The van der Waals surface area contributed by atoms with Crippen molar-refractivity contribution in [1.82, 2.24) is 10.5 Å².